The number of fused-ring (bicyclic) bond motifs is 2. The number of ether oxygens (including phenoxy) is 3. The zero-order valence-corrected chi connectivity index (χ0v) is 22.8. The second kappa shape index (κ2) is 10.6. The average molecular weight is 561 g/mol. The van der Waals surface area contributed by atoms with E-state index in [1.54, 1.807) is 31.8 Å². The first-order valence-corrected chi connectivity index (χ1v) is 13.5. The van der Waals surface area contributed by atoms with Gasteiger partial charge in [0.2, 0.25) is 11.8 Å². The van der Waals surface area contributed by atoms with Crippen molar-refractivity contribution in [1.29, 1.82) is 0 Å². The molecule has 0 spiro atoms. The minimum atomic E-state index is -0.682. The zero-order valence-electron chi connectivity index (χ0n) is 22.0. The van der Waals surface area contributed by atoms with Gasteiger partial charge in [0.1, 0.15) is 17.2 Å². The van der Waals surface area contributed by atoms with Gasteiger partial charge in [-0.25, -0.2) is 34.1 Å². The van der Waals surface area contributed by atoms with Gasteiger partial charge in [0.15, 0.2) is 11.6 Å². The molecule has 1 aliphatic carbocycles. The summed E-state index contributed by atoms with van der Waals surface area (Å²) in [6.07, 6.45) is 5.06. The first kappa shape index (κ1) is 25.8. The molecule has 6 rings (SSSR count). The van der Waals surface area contributed by atoms with E-state index in [2.05, 4.69) is 30.2 Å². The van der Waals surface area contributed by atoms with Gasteiger partial charge in [0.25, 0.3) is 0 Å². The van der Waals surface area contributed by atoms with Gasteiger partial charge < -0.3 is 14.2 Å². The van der Waals surface area contributed by atoms with Crippen molar-refractivity contribution in [2.24, 2.45) is 0 Å². The summed E-state index contributed by atoms with van der Waals surface area (Å²) in [5, 5.41) is 3.21. The van der Waals surface area contributed by atoms with Crippen molar-refractivity contribution < 1.29 is 23.4 Å². The van der Waals surface area contributed by atoms with Crippen molar-refractivity contribution in [3.63, 3.8) is 0 Å². The van der Waals surface area contributed by atoms with E-state index < -0.39 is 24.1 Å². The summed E-state index contributed by atoms with van der Waals surface area (Å²) < 4.78 is 32.8. The van der Waals surface area contributed by atoms with E-state index in [1.165, 1.54) is 17.4 Å². The minimum absolute atomic E-state index is 0.0871. The number of amides is 1. The molecule has 1 N–H and O–H groups in total. The highest BCUT2D eigenvalue weighted by Gasteiger charge is 2.33. The summed E-state index contributed by atoms with van der Waals surface area (Å²) in [6.45, 7) is 3.82. The van der Waals surface area contributed by atoms with Crippen molar-refractivity contribution in [3.05, 3.63) is 59.8 Å². The van der Waals surface area contributed by atoms with Gasteiger partial charge in [-0.05, 0) is 56.4 Å². The second-order valence-electron chi connectivity index (χ2n) is 9.60. The molecule has 0 aliphatic heterocycles. The summed E-state index contributed by atoms with van der Waals surface area (Å²) >= 11 is 1.41. The summed E-state index contributed by atoms with van der Waals surface area (Å²) in [5.74, 6) is 0.123. The lowest BCUT2D eigenvalue weighted by Crippen LogP contribution is -2.33. The summed E-state index contributed by atoms with van der Waals surface area (Å²) in [5.41, 5.74) is 4.55. The van der Waals surface area contributed by atoms with E-state index in [0.717, 1.165) is 27.8 Å². The monoisotopic (exact) mass is 560 g/mol. The van der Waals surface area contributed by atoms with Crippen molar-refractivity contribution in [2.75, 3.05) is 12.4 Å². The summed E-state index contributed by atoms with van der Waals surface area (Å²) in [6, 6.07) is 6.93. The Balaban J connectivity index is 1.23. The maximum Gasteiger partial charge on any atom is 0.414 e. The molecule has 2 aromatic carbocycles. The van der Waals surface area contributed by atoms with Gasteiger partial charge in [-0.2, -0.15) is 0 Å². The van der Waals surface area contributed by atoms with Crippen LogP contribution in [0.2, 0.25) is 0 Å². The van der Waals surface area contributed by atoms with Crippen LogP contribution in [0.5, 0.6) is 11.6 Å². The number of anilines is 1. The Morgan fingerprint density at radius 1 is 0.975 bits per heavy atom. The number of aromatic nitrogens is 5. The van der Waals surface area contributed by atoms with Crippen LogP contribution < -0.4 is 14.8 Å². The highest BCUT2D eigenvalue weighted by Crippen LogP contribution is 2.38. The van der Waals surface area contributed by atoms with Gasteiger partial charge in [-0.1, -0.05) is 0 Å². The van der Waals surface area contributed by atoms with Gasteiger partial charge in [-0.3, -0.25) is 5.32 Å². The number of nitrogens with one attached hydrogen (secondary N) is 1. The third-order valence-corrected chi connectivity index (χ3v) is 7.63. The maximum atomic E-state index is 15.2. The second-order valence-corrected chi connectivity index (χ2v) is 10.6. The Labute approximate surface area is 232 Å². The third kappa shape index (κ3) is 5.22. The molecular formula is C28H25FN6O4S. The molecule has 3 heterocycles. The predicted molar refractivity (Wildman–Crippen MR) is 148 cm³/mol. The first-order valence-electron chi connectivity index (χ1n) is 12.7. The number of rotatable bonds is 6. The number of nitrogens with zero attached hydrogens (tertiary/aromatic N) is 5. The van der Waals surface area contributed by atoms with E-state index >= 15 is 4.39 Å². The molecule has 0 bridgehead atoms. The van der Waals surface area contributed by atoms with Crippen LogP contribution in [0.1, 0.15) is 30.4 Å². The number of benzene rings is 2. The molecule has 12 heteroatoms. The number of methoxy groups -OCH3 is 1. The quantitative estimate of drug-likeness (QED) is 0.266. The standard InChI is InChI=1S/C28H25FN6O4S/c1-14-7-16(25-19(8-14)33-24(37-3)13-30-25)26-34-18-9-17(29)22(10-23(18)40-26)38-20-5-4-6-21(20)39-28(36)35-27-31-11-15(2)12-32-27/h7-13,20-21H,4-6H2,1-3H3,(H,31,32,35,36)/t20-,21+/m0/s1. The molecule has 0 radical (unpaired) electrons. The highest BCUT2D eigenvalue weighted by atomic mass is 32.1. The number of thiazole rings is 1. The normalized spacial score (nSPS) is 16.8. The number of hydrogen-bond acceptors (Lipinski definition) is 10. The van der Waals surface area contributed by atoms with Crippen LogP contribution in [0, 0.1) is 19.7 Å². The average Bonchev–Trinajstić information content (AvgIpc) is 3.55. The molecule has 0 unspecified atom stereocenters. The SMILES string of the molecule is COc1cnc2c(-c3nc4cc(F)c(O[C@H]5CCC[C@H]5OC(=O)Nc5ncc(C)cn5)cc4s3)cc(C)cc2n1. The molecule has 204 valence electrons. The van der Waals surface area contributed by atoms with Crippen LogP contribution in [0.4, 0.5) is 15.1 Å². The van der Waals surface area contributed by atoms with E-state index in [4.69, 9.17) is 14.2 Å². The lowest BCUT2D eigenvalue weighted by Gasteiger charge is -2.21. The molecule has 3 aromatic heterocycles. The number of aryl methyl sites for hydroxylation is 2. The van der Waals surface area contributed by atoms with Crippen molar-refractivity contribution >= 4 is 44.6 Å². The fourth-order valence-electron chi connectivity index (χ4n) is 4.68. The topological polar surface area (TPSA) is 121 Å². The molecule has 1 fully saturated rings. The molecule has 10 nitrogen and oxygen atoms in total. The largest absolute Gasteiger partial charge is 0.483 e. The van der Waals surface area contributed by atoms with Crippen LogP contribution >= 0.6 is 11.3 Å². The summed E-state index contributed by atoms with van der Waals surface area (Å²) in [4.78, 5) is 34.2. The van der Waals surface area contributed by atoms with Gasteiger partial charge in [0, 0.05) is 30.1 Å². The molecule has 1 saturated carbocycles. The molecule has 0 saturated heterocycles. The Hall–Kier alpha value is -4.45. The Bertz CT molecular complexity index is 1730. The van der Waals surface area contributed by atoms with Gasteiger partial charge in [-0.15, -0.1) is 11.3 Å². The Kier molecular flexibility index (Phi) is 6.84. The fraction of sp³-hybridized carbons (Fsp3) is 0.286. The molecule has 40 heavy (non-hydrogen) atoms. The molecule has 1 aliphatic rings. The van der Waals surface area contributed by atoms with E-state index in [-0.39, 0.29) is 11.7 Å². The van der Waals surface area contributed by atoms with E-state index in [0.29, 0.717) is 40.3 Å². The lowest BCUT2D eigenvalue weighted by molar-refractivity contribution is 0.0400. The number of hydrogen-bond donors (Lipinski definition) is 1. The van der Waals surface area contributed by atoms with Gasteiger partial charge in [0.05, 0.1) is 34.6 Å². The molecular weight excluding hydrogens is 535 g/mol. The van der Waals surface area contributed by atoms with Crippen molar-refractivity contribution in [2.45, 2.75) is 45.3 Å². The van der Waals surface area contributed by atoms with Crippen LogP contribution in [0.25, 0.3) is 31.8 Å². The lowest BCUT2D eigenvalue weighted by atomic mass is 10.1. The van der Waals surface area contributed by atoms with Crippen molar-refractivity contribution in [3.8, 4) is 22.2 Å². The van der Waals surface area contributed by atoms with Crippen LogP contribution in [-0.4, -0.2) is 50.3 Å². The molecule has 2 atom stereocenters. The summed E-state index contributed by atoms with van der Waals surface area (Å²) in [7, 11) is 1.54. The zero-order chi connectivity index (χ0) is 27.8. The predicted octanol–water partition coefficient (Wildman–Crippen LogP) is 6.01. The Morgan fingerprint density at radius 2 is 1.77 bits per heavy atom. The van der Waals surface area contributed by atoms with Crippen LogP contribution in [0.3, 0.4) is 0 Å². The minimum Gasteiger partial charge on any atom is -0.483 e. The number of halogens is 1. The Morgan fingerprint density at radius 3 is 2.58 bits per heavy atom. The van der Waals surface area contributed by atoms with Gasteiger partial charge >= 0.3 is 6.09 Å². The molecule has 5 aromatic rings. The highest BCUT2D eigenvalue weighted by molar-refractivity contribution is 7.21. The smallest absolute Gasteiger partial charge is 0.414 e. The number of carbonyl (C=O) groups is 1. The fourth-order valence-corrected chi connectivity index (χ4v) is 5.68. The maximum absolute atomic E-state index is 15.2. The van der Waals surface area contributed by atoms with Crippen molar-refractivity contribution in [1.82, 2.24) is 24.9 Å². The number of carbonyl (C=O) groups excluding carboxylic acids is 1. The van der Waals surface area contributed by atoms with E-state index in [1.807, 2.05) is 26.0 Å². The first-order chi connectivity index (χ1) is 19.4. The third-order valence-electron chi connectivity index (χ3n) is 6.57. The van der Waals surface area contributed by atoms with E-state index in [9.17, 15) is 4.79 Å². The van der Waals surface area contributed by atoms with Crippen LogP contribution in [0.15, 0.2) is 42.9 Å². The molecule has 1 amide bonds. The van der Waals surface area contributed by atoms with Crippen LogP contribution in [-0.2, 0) is 4.74 Å².